The molecular formula is C27H48N2O7S. The summed E-state index contributed by atoms with van der Waals surface area (Å²) in [4.78, 5) is 36.4. The number of hydrogen-bond donors (Lipinski definition) is 2. The van der Waals surface area contributed by atoms with E-state index in [1.54, 1.807) is 39.8 Å². The number of hydrogen-bond acceptors (Lipinski definition) is 10. The molecule has 37 heavy (non-hydrogen) atoms. The molecule has 0 aliphatic rings. The highest BCUT2D eigenvalue weighted by atomic mass is 32.2. The van der Waals surface area contributed by atoms with Crippen molar-refractivity contribution in [2.24, 2.45) is 11.5 Å². The van der Waals surface area contributed by atoms with Crippen LogP contribution in [0.4, 0.5) is 0 Å². The summed E-state index contributed by atoms with van der Waals surface area (Å²) in [6.45, 7) is 18.8. The highest BCUT2D eigenvalue weighted by Crippen LogP contribution is 2.20. The lowest BCUT2D eigenvalue weighted by Gasteiger charge is -2.29. The Morgan fingerprint density at radius 3 is 1.89 bits per heavy atom. The van der Waals surface area contributed by atoms with Crippen LogP contribution in [0.3, 0.4) is 0 Å². The summed E-state index contributed by atoms with van der Waals surface area (Å²) in [6.07, 6.45) is 5.42. The maximum absolute atomic E-state index is 12.2. The molecule has 0 aromatic rings. The molecule has 0 spiro atoms. The van der Waals surface area contributed by atoms with Crippen molar-refractivity contribution in [3.63, 3.8) is 0 Å². The molecule has 0 amide bonds. The van der Waals surface area contributed by atoms with Crippen LogP contribution in [-0.2, 0) is 33.3 Å². The molecule has 2 atom stereocenters. The summed E-state index contributed by atoms with van der Waals surface area (Å²) in [7, 11) is 0. The van der Waals surface area contributed by atoms with Crippen molar-refractivity contribution in [3.8, 4) is 0 Å². The van der Waals surface area contributed by atoms with Crippen LogP contribution in [0.2, 0.25) is 0 Å². The van der Waals surface area contributed by atoms with Gasteiger partial charge in [-0.15, -0.1) is 13.2 Å². The van der Waals surface area contributed by atoms with Gasteiger partial charge in [0.25, 0.3) is 0 Å². The molecule has 9 nitrogen and oxygen atoms in total. The minimum absolute atomic E-state index is 0.0117. The normalized spacial score (nSPS) is 15.2. The monoisotopic (exact) mass is 544 g/mol. The fraction of sp³-hybridized carbons (Fsp3) is 0.741. The number of carbonyl (C=O) groups excluding carboxylic acids is 3. The molecule has 0 saturated carbocycles. The molecular weight excluding hydrogens is 496 g/mol. The number of esters is 2. The Morgan fingerprint density at radius 2 is 1.30 bits per heavy atom. The first kappa shape index (κ1) is 35.3. The van der Waals surface area contributed by atoms with Gasteiger partial charge in [0.05, 0.1) is 31.7 Å². The van der Waals surface area contributed by atoms with E-state index in [0.717, 1.165) is 11.8 Å². The van der Waals surface area contributed by atoms with E-state index < -0.39 is 29.0 Å². The van der Waals surface area contributed by atoms with Crippen molar-refractivity contribution in [3.05, 3.63) is 25.3 Å². The molecule has 0 aliphatic carbocycles. The van der Waals surface area contributed by atoms with Gasteiger partial charge in [-0.2, -0.15) is 0 Å². The summed E-state index contributed by atoms with van der Waals surface area (Å²) in [6, 6.07) is 0. The van der Waals surface area contributed by atoms with E-state index in [4.69, 9.17) is 30.4 Å². The van der Waals surface area contributed by atoms with Gasteiger partial charge in [-0.1, -0.05) is 23.9 Å². The minimum Gasteiger partial charge on any atom is -0.460 e. The van der Waals surface area contributed by atoms with Crippen molar-refractivity contribution in [2.45, 2.75) is 109 Å². The zero-order valence-corrected chi connectivity index (χ0v) is 24.4. The number of ether oxygens (including phenoxy) is 4. The third-order valence-corrected chi connectivity index (χ3v) is 6.19. The number of nitrogens with two attached hydrogens (primary N) is 2. The van der Waals surface area contributed by atoms with E-state index in [1.165, 1.54) is 0 Å². The zero-order chi connectivity index (χ0) is 28.8. The van der Waals surface area contributed by atoms with Crippen LogP contribution in [0.15, 0.2) is 25.3 Å². The average molecular weight is 545 g/mol. The van der Waals surface area contributed by atoms with Crippen LogP contribution in [0.5, 0.6) is 0 Å². The Balaban J connectivity index is 4.21. The van der Waals surface area contributed by atoms with Gasteiger partial charge in [0.1, 0.15) is 11.3 Å². The number of rotatable bonds is 20. The maximum atomic E-state index is 12.2. The Labute approximate surface area is 227 Å². The molecule has 0 heterocycles. The first-order chi connectivity index (χ1) is 16.9. The van der Waals surface area contributed by atoms with Crippen molar-refractivity contribution in [2.75, 3.05) is 19.0 Å². The van der Waals surface area contributed by atoms with Crippen LogP contribution < -0.4 is 11.5 Å². The predicted octanol–water partition coefficient (Wildman–Crippen LogP) is 4.38. The van der Waals surface area contributed by atoms with Crippen LogP contribution in [0.25, 0.3) is 0 Å². The smallest absolute Gasteiger partial charge is 0.308 e. The topological polar surface area (TPSA) is 140 Å². The van der Waals surface area contributed by atoms with E-state index in [0.29, 0.717) is 38.9 Å². The Morgan fingerprint density at radius 1 is 0.730 bits per heavy atom. The molecule has 0 fully saturated rings. The standard InChI is InChI=1S/C27H48N2O7S/c1-9-14-24(3,4)33-19-17-27(8,29)36-22(31)13-20-37-23(32)12-11-21(30)35-25(5,6)16-18-34-26(7,28)15-10-2/h9-10H,1-2,11-20,28-29H2,3-8H3. The van der Waals surface area contributed by atoms with Crippen molar-refractivity contribution >= 4 is 28.8 Å². The SMILES string of the molecule is C=CCC(C)(C)OCCC(C)(N)OC(=O)CCSC(=O)CCC(=O)OC(C)(C)CCOC(C)(N)CC=C. The van der Waals surface area contributed by atoms with E-state index in [9.17, 15) is 14.4 Å². The van der Waals surface area contributed by atoms with Gasteiger partial charge in [-0.3, -0.25) is 20.1 Å². The lowest BCUT2D eigenvalue weighted by Crippen LogP contribution is -2.43. The Kier molecular flexibility index (Phi) is 15.5. The fourth-order valence-electron chi connectivity index (χ4n) is 3.11. The molecule has 0 rings (SSSR count). The van der Waals surface area contributed by atoms with Gasteiger partial charge >= 0.3 is 11.9 Å². The largest absolute Gasteiger partial charge is 0.460 e. The Bertz CT molecular complexity index is 764. The fourth-order valence-corrected chi connectivity index (χ4v) is 3.85. The van der Waals surface area contributed by atoms with E-state index in [1.807, 2.05) is 13.8 Å². The van der Waals surface area contributed by atoms with Crippen LogP contribution in [-0.4, -0.2) is 58.7 Å². The zero-order valence-electron chi connectivity index (χ0n) is 23.6. The van der Waals surface area contributed by atoms with Gasteiger partial charge in [0.2, 0.25) is 0 Å². The summed E-state index contributed by atoms with van der Waals surface area (Å²) in [5, 5.41) is -0.206. The highest BCUT2D eigenvalue weighted by molar-refractivity contribution is 8.13. The van der Waals surface area contributed by atoms with Crippen molar-refractivity contribution < 1.29 is 33.3 Å². The molecule has 0 aromatic heterocycles. The Hall–Kier alpha value is -1.72. The summed E-state index contributed by atoms with van der Waals surface area (Å²) in [5.41, 5.74) is 8.92. The summed E-state index contributed by atoms with van der Waals surface area (Å²) < 4.78 is 22.2. The van der Waals surface area contributed by atoms with Gasteiger partial charge in [-0.05, 0) is 48.0 Å². The van der Waals surface area contributed by atoms with Crippen LogP contribution in [0.1, 0.15) is 86.5 Å². The van der Waals surface area contributed by atoms with Gasteiger partial charge < -0.3 is 24.7 Å². The van der Waals surface area contributed by atoms with Gasteiger partial charge in [0, 0.05) is 31.4 Å². The molecule has 4 N–H and O–H groups in total. The third kappa shape index (κ3) is 19.1. The van der Waals surface area contributed by atoms with Crippen molar-refractivity contribution in [1.29, 1.82) is 0 Å². The molecule has 0 bridgehead atoms. The average Bonchev–Trinajstić information content (AvgIpc) is 2.70. The summed E-state index contributed by atoms with van der Waals surface area (Å²) >= 11 is 0.974. The summed E-state index contributed by atoms with van der Waals surface area (Å²) in [5.74, 6) is -0.741. The predicted molar refractivity (Wildman–Crippen MR) is 148 cm³/mol. The van der Waals surface area contributed by atoms with Gasteiger partial charge in [-0.25, -0.2) is 0 Å². The maximum Gasteiger partial charge on any atom is 0.308 e. The minimum atomic E-state index is -1.17. The second-order valence-corrected chi connectivity index (χ2v) is 11.9. The van der Waals surface area contributed by atoms with Crippen molar-refractivity contribution in [1.82, 2.24) is 0 Å². The third-order valence-electron chi connectivity index (χ3n) is 5.25. The first-order valence-corrected chi connectivity index (χ1v) is 13.6. The second-order valence-electron chi connectivity index (χ2n) is 10.7. The van der Waals surface area contributed by atoms with E-state index in [2.05, 4.69) is 13.2 Å². The molecule has 10 heteroatoms. The molecule has 214 valence electrons. The lowest BCUT2D eigenvalue weighted by molar-refractivity contribution is -0.161. The molecule has 0 radical (unpaired) electrons. The second kappa shape index (κ2) is 16.3. The van der Waals surface area contributed by atoms with Crippen LogP contribution in [0, 0.1) is 0 Å². The van der Waals surface area contributed by atoms with E-state index >= 15 is 0 Å². The molecule has 0 saturated heterocycles. The number of thioether (sulfide) groups is 1. The van der Waals surface area contributed by atoms with E-state index in [-0.39, 0.29) is 35.7 Å². The van der Waals surface area contributed by atoms with Crippen LogP contribution >= 0.6 is 11.8 Å². The molecule has 0 aliphatic heterocycles. The quantitative estimate of drug-likeness (QED) is 0.129. The molecule has 0 aromatic carbocycles. The first-order valence-electron chi connectivity index (χ1n) is 12.6. The molecule has 2 unspecified atom stereocenters. The van der Waals surface area contributed by atoms with Gasteiger partial charge in [0.15, 0.2) is 10.8 Å². The number of carbonyl (C=O) groups is 3. The highest BCUT2D eigenvalue weighted by Gasteiger charge is 2.27. The lowest BCUT2D eigenvalue weighted by atomic mass is 10.1.